The van der Waals surface area contributed by atoms with Crippen molar-refractivity contribution in [2.75, 3.05) is 7.11 Å². The number of carbonyl (C=O) groups excluding carboxylic acids is 1. The van der Waals surface area contributed by atoms with Crippen molar-refractivity contribution < 1.29 is 14.3 Å². The van der Waals surface area contributed by atoms with Crippen LogP contribution in [0.3, 0.4) is 0 Å². The molecule has 4 aromatic rings. The van der Waals surface area contributed by atoms with E-state index in [0.717, 1.165) is 33.8 Å². The van der Waals surface area contributed by atoms with Crippen LogP contribution in [-0.2, 0) is 22.6 Å². The first-order valence-corrected chi connectivity index (χ1v) is 10.2. The highest BCUT2D eigenvalue weighted by Gasteiger charge is 2.14. The Hall–Kier alpha value is -3.86. The molecule has 0 unspecified atom stereocenters. The number of aryl methyl sites for hydroxylation is 1. The molecule has 0 spiro atoms. The lowest BCUT2D eigenvalue weighted by Gasteiger charge is -2.06. The first-order chi connectivity index (χ1) is 15.2. The van der Waals surface area contributed by atoms with Gasteiger partial charge in [0.2, 0.25) is 0 Å². The van der Waals surface area contributed by atoms with Gasteiger partial charge in [-0.1, -0.05) is 60.7 Å². The van der Waals surface area contributed by atoms with Crippen molar-refractivity contribution in [3.63, 3.8) is 0 Å². The average molecular weight is 412 g/mol. The molecule has 0 aliphatic carbocycles. The van der Waals surface area contributed by atoms with E-state index in [9.17, 15) is 4.79 Å². The van der Waals surface area contributed by atoms with Crippen LogP contribution in [0.4, 0.5) is 0 Å². The van der Waals surface area contributed by atoms with Crippen LogP contribution in [0, 0.1) is 0 Å². The summed E-state index contributed by atoms with van der Waals surface area (Å²) in [6, 6.07) is 27.5. The van der Waals surface area contributed by atoms with E-state index in [-0.39, 0.29) is 12.6 Å². The van der Waals surface area contributed by atoms with E-state index in [1.54, 1.807) is 7.11 Å². The van der Waals surface area contributed by atoms with Crippen LogP contribution in [0.15, 0.2) is 91.1 Å². The van der Waals surface area contributed by atoms with Gasteiger partial charge in [0.05, 0.1) is 18.5 Å². The van der Waals surface area contributed by atoms with E-state index in [1.165, 1.54) is 0 Å². The van der Waals surface area contributed by atoms with Crippen LogP contribution in [0.5, 0.6) is 5.75 Å². The number of esters is 1. The normalized spacial score (nSPS) is 10.6. The molecule has 0 N–H and O–H groups in total. The third-order valence-corrected chi connectivity index (χ3v) is 5.02. The third kappa shape index (κ3) is 5.20. The number of ether oxygens (including phenoxy) is 2. The van der Waals surface area contributed by atoms with Crippen LogP contribution in [0.25, 0.3) is 16.9 Å². The summed E-state index contributed by atoms with van der Waals surface area (Å²) in [7, 11) is 1.63. The summed E-state index contributed by atoms with van der Waals surface area (Å²) >= 11 is 0. The van der Waals surface area contributed by atoms with Crippen molar-refractivity contribution in [2.45, 2.75) is 19.4 Å². The zero-order chi connectivity index (χ0) is 21.5. The first kappa shape index (κ1) is 20.4. The second kappa shape index (κ2) is 9.76. The summed E-state index contributed by atoms with van der Waals surface area (Å²) in [5.41, 5.74) is 4.69. The molecule has 0 fully saturated rings. The Morgan fingerprint density at radius 3 is 2.26 bits per heavy atom. The quantitative estimate of drug-likeness (QED) is 0.372. The molecule has 0 aliphatic rings. The zero-order valence-electron chi connectivity index (χ0n) is 17.4. The van der Waals surface area contributed by atoms with Crippen LogP contribution in [-0.4, -0.2) is 22.9 Å². The summed E-state index contributed by atoms with van der Waals surface area (Å²) in [6.07, 6.45) is 2.87. The van der Waals surface area contributed by atoms with E-state index in [1.807, 2.05) is 95.8 Å². The van der Waals surface area contributed by atoms with Crippen molar-refractivity contribution in [1.82, 2.24) is 9.78 Å². The average Bonchev–Trinajstić information content (AvgIpc) is 3.27. The summed E-state index contributed by atoms with van der Waals surface area (Å²) in [5, 5.41) is 4.75. The minimum Gasteiger partial charge on any atom is -0.497 e. The van der Waals surface area contributed by atoms with E-state index in [2.05, 4.69) is 0 Å². The summed E-state index contributed by atoms with van der Waals surface area (Å²) in [4.78, 5) is 12.4. The molecule has 0 aliphatic heterocycles. The van der Waals surface area contributed by atoms with Gasteiger partial charge >= 0.3 is 5.97 Å². The summed E-state index contributed by atoms with van der Waals surface area (Å²) in [6.45, 7) is 0.179. The van der Waals surface area contributed by atoms with Crippen molar-refractivity contribution in [3.8, 4) is 22.7 Å². The number of benzene rings is 3. The lowest BCUT2D eigenvalue weighted by atomic mass is 10.1. The molecule has 3 aromatic carbocycles. The van der Waals surface area contributed by atoms with Crippen molar-refractivity contribution >= 4 is 5.97 Å². The van der Waals surface area contributed by atoms with E-state index in [4.69, 9.17) is 14.6 Å². The van der Waals surface area contributed by atoms with E-state index in [0.29, 0.717) is 12.8 Å². The molecule has 0 saturated carbocycles. The van der Waals surface area contributed by atoms with Gasteiger partial charge in [-0.25, -0.2) is 4.68 Å². The molecule has 31 heavy (non-hydrogen) atoms. The van der Waals surface area contributed by atoms with Crippen LogP contribution >= 0.6 is 0 Å². The van der Waals surface area contributed by atoms with Crippen LogP contribution in [0.1, 0.15) is 17.5 Å². The molecule has 156 valence electrons. The van der Waals surface area contributed by atoms with Gasteiger partial charge in [0.15, 0.2) is 0 Å². The van der Waals surface area contributed by atoms with E-state index < -0.39 is 0 Å². The van der Waals surface area contributed by atoms with Gasteiger partial charge in [0.25, 0.3) is 0 Å². The molecule has 0 amide bonds. The topological polar surface area (TPSA) is 53.4 Å². The van der Waals surface area contributed by atoms with Gasteiger partial charge in [0, 0.05) is 23.7 Å². The standard InChI is InChI=1S/C26H24N2O3/c1-30-24-15-12-20(13-16-24)14-17-25(29)31-19-22-18-28(23-10-6-3-7-11-23)27-26(22)21-8-4-2-5-9-21/h2-13,15-16,18H,14,17,19H2,1H3. The second-order valence-corrected chi connectivity index (χ2v) is 7.16. The number of nitrogens with zero attached hydrogens (tertiary/aromatic N) is 2. The lowest BCUT2D eigenvalue weighted by Crippen LogP contribution is -2.06. The Morgan fingerprint density at radius 2 is 1.58 bits per heavy atom. The predicted octanol–water partition coefficient (Wildman–Crippen LogP) is 5.22. The maximum Gasteiger partial charge on any atom is 0.306 e. The van der Waals surface area contributed by atoms with Crippen molar-refractivity contribution in [2.24, 2.45) is 0 Å². The molecule has 0 radical (unpaired) electrons. The number of methoxy groups -OCH3 is 1. The Balaban J connectivity index is 1.45. The Bertz CT molecular complexity index is 1120. The molecule has 1 heterocycles. The molecule has 4 rings (SSSR count). The highest BCUT2D eigenvalue weighted by molar-refractivity contribution is 5.70. The maximum atomic E-state index is 12.4. The minimum absolute atomic E-state index is 0.179. The molecular weight excluding hydrogens is 388 g/mol. The molecule has 1 aromatic heterocycles. The number of carbonyl (C=O) groups is 1. The maximum absolute atomic E-state index is 12.4. The lowest BCUT2D eigenvalue weighted by molar-refractivity contribution is -0.144. The highest BCUT2D eigenvalue weighted by atomic mass is 16.5. The van der Waals surface area contributed by atoms with Crippen LogP contribution < -0.4 is 4.74 Å². The number of hydrogen-bond donors (Lipinski definition) is 0. The third-order valence-electron chi connectivity index (χ3n) is 5.02. The monoisotopic (exact) mass is 412 g/mol. The predicted molar refractivity (Wildman–Crippen MR) is 120 cm³/mol. The van der Waals surface area contributed by atoms with Gasteiger partial charge in [-0.2, -0.15) is 5.10 Å². The molecule has 0 saturated heterocycles. The molecule has 0 bridgehead atoms. The number of aromatic nitrogens is 2. The van der Waals surface area contributed by atoms with Crippen LogP contribution in [0.2, 0.25) is 0 Å². The number of rotatable bonds is 8. The van der Waals surface area contributed by atoms with Gasteiger partial charge in [-0.3, -0.25) is 4.79 Å². The Kier molecular flexibility index (Phi) is 6.43. The highest BCUT2D eigenvalue weighted by Crippen LogP contribution is 2.24. The van der Waals surface area contributed by atoms with E-state index >= 15 is 0 Å². The van der Waals surface area contributed by atoms with Gasteiger partial charge in [-0.15, -0.1) is 0 Å². The molecule has 0 atom stereocenters. The number of hydrogen-bond acceptors (Lipinski definition) is 4. The fourth-order valence-electron chi connectivity index (χ4n) is 3.34. The molecule has 5 heteroatoms. The first-order valence-electron chi connectivity index (χ1n) is 10.2. The van der Waals surface area contributed by atoms with Crippen molar-refractivity contribution in [3.05, 3.63) is 102 Å². The minimum atomic E-state index is -0.234. The van der Waals surface area contributed by atoms with Gasteiger partial charge in [0.1, 0.15) is 12.4 Å². The van der Waals surface area contributed by atoms with Gasteiger partial charge in [-0.05, 0) is 36.2 Å². The Morgan fingerprint density at radius 1 is 0.903 bits per heavy atom. The second-order valence-electron chi connectivity index (χ2n) is 7.16. The smallest absolute Gasteiger partial charge is 0.306 e. The summed E-state index contributed by atoms with van der Waals surface area (Å²) < 4.78 is 12.6. The summed E-state index contributed by atoms with van der Waals surface area (Å²) in [5.74, 6) is 0.567. The number of para-hydroxylation sites is 1. The van der Waals surface area contributed by atoms with Gasteiger partial charge < -0.3 is 9.47 Å². The zero-order valence-corrected chi connectivity index (χ0v) is 17.4. The van der Waals surface area contributed by atoms with Crippen molar-refractivity contribution in [1.29, 1.82) is 0 Å². The largest absolute Gasteiger partial charge is 0.497 e. The molecule has 5 nitrogen and oxygen atoms in total. The Labute approximate surface area is 181 Å². The SMILES string of the molecule is COc1ccc(CCC(=O)OCc2cn(-c3ccccc3)nc2-c2ccccc2)cc1. The molecular formula is C26H24N2O3. The fourth-order valence-corrected chi connectivity index (χ4v) is 3.34. The fraction of sp³-hybridized carbons (Fsp3) is 0.154.